The minimum Gasteiger partial charge on any atom is -0.393 e. The Balaban J connectivity index is 1.70. The van der Waals surface area contributed by atoms with Crippen LogP contribution in [0.2, 0.25) is 0 Å². The number of hydrogen-bond acceptors (Lipinski definition) is 3. The van der Waals surface area contributed by atoms with Crippen molar-refractivity contribution in [3.8, 4) is 0 Å². The Hall–Kier alpha value is -1.75. The molecule has 2 aliphatic rings. The number of fused-ring (bicyclic) bond motifs is 2. The highest BCUT2D eigenvalue weighted by Gasteiger charge is 2.47. The molecule has 1 N–H and O–H groups in total. The van der Waals surface area contributed by atoms with Crippen LogP contribution >= 0.6 is 0 Å². The molecule has 2 aliphatic heterocycles. The second-order valence-corrected chi connectivity index (χ2v) is 7.33. The Morgan fingerprint density at radius 1 is 1.24 bits per heavy atom. The molecule has 25 heavy (non-hydrogen) atoms. The lowest BCUT2D eigenvalue weighted by Crippen LogP contribution is -2.43. The zero-order valence-electron chi connectivity index (χ0n) is 14.6. The van der Waals surface area contributed by atoms with Gasteiger partial charge in [0.15, 0.2) is 5.79 Å². The van der Waals surface area contributed by atoms with Gasteiger partial charge in [-0.3, -0.25) is 0 Å². The van der Waals surface area contributed by atoms with E-state index in [2.05, 4.69) is 0 Å². The average Bonchev–Trinajstić information content (AvgIpc) is 2.86. The highest BCUT2D eigenvalue weighted by molar-refractivity contribution is 5.41. The van der Waals surface area contributed by atoms with Crippen molar-refractivity contribution in [3.05, 3.63) is 70.0 Å². The standard InChI is InChI=1S/C21H23FO3/c1-13-3-5-15(6-4-13)8-16-9-19-17(10-20(16)22)12-24-21(19)11-18(23)7-14(2)25-21/h3-6,9-10,14,18,23H,7-8,11-12H2,1-2H3/t14?,18?,21-/m1/s1. The fourth-order valence-electron chi connectivity index (χ4n) is 3.93. The van der Waals surface area contributed by atoms with Gasteiger partial charge in [-0.25, -0.2) is 4.39 Å². The maximum atomic E-state index is 14.6. The summed E-state index contributed by atoms with van der Waals surface area (Å²) in [4.78, 5) is 0. The molecular weight excluding hydrogens is 319 g/mol. The molecule has 4 rings (SSSR count). The first-order valence-corrected chi connectivity index (χ1v) is 8.82. The second kappa shape index (κ2) is 6.20. The van der Waals surface area contributed by atoms with Crippen molar-refractivity contribution in [1.29, 1.82) is 0 Å². The van der Waals surface area contributed by atoms with E-state index in [4.69, 9.17) is 9.47 Å². The molecule has 2 unspecified atom stereocenters. The normalized spacial score (nSPS) is 28.3. The molecule has 3 atom stereocenters. The van der Waals surface area contributed by atoms with Gasteiger partial charge in [-0.1, -0.05) is 29.8 Å². The first-order valence-electron chi connectivity index (χ1n) is 8.82. The summed E-state index contributed by atoms with van der Waals surface area (Å²) in [6, 6.07) is 11.5. The third-order valence-electron chi connectivity index (χ3n) is 5.16. The molecule has 3 nitrogen and oxygen atoms in total. The van der Waals surface area contributed by atoms with E-state index in [-0.39, 0.29) is 11.9 Å². The molecular formula is C21H23FO3. The fraction of sp³-hybridized carbons (Fsp3) is 0.429. The van der Waals surface area contributed by atoms with Gasteiger partial charge in [-0.05, 0) is 49.1 Å². The minimum absolute atomic E-state index is 0.0969. The van der Waals surface area contributed by atoms with E-state index in [1.54, 1.807) is 6.07 Å². The van der Waals surface area contributed by atoms with Crippen molar-refractivity contribution < 1.29 is 19.0 Å². The summed E-state index contributed by atoms with van der Waals surface area (Å²) < 4.78 is 26.6. The van der Waals surface area contributed by atoms with Crippen molar-refractivity contribution in [2.45, 2.75) is 57.7 Å². The van der Waals surface area contributed by atoms with Crippen LogP contribution in [0.15, 0.2) is 36.4 Å². The smallest absolute Gasteiger partial charge is 0.198 e. The summed E-state index contributed by atoms with van der Waals surface area (Å²) in [5.41, 5.74) is 4.55. The van der Waals surface area contributed by atoms with Crippen LogP contribution in [-0.2, 0) is 28.3 Å². The van der Waals surface area contributed by atoms with Gasteiger partial charge in [0.1, 0.15) is 5.82 Å². The lowest BCUT2D eigenvalue weighted by atomic mass is 9.90. The van der Waals surface area contributed by atoms with E-state index in [0.29, 0.717) is 31.4 Å². The highest BCUT2D eigenvalue weighted by Crippen LogP contribution is 2.46. The number of halogens is 1. The number of benzene rings is 2. The number of rotatable bonds is 2. The summed E-state index contributed by atoms with van der Waals surface area (Å²) in [6.45, 7) is 4.28. The zero-order valence-corrected chi connectivity index (χ0v) is 14.6. The molecule has 1 spiro atoms. The Labute approximate surface area is 147 Å². The van der Waals surface area contributed by atoms with E-state index in [1.807, 2.05) is 44.2 Å². The molecule has 0 saturated carbocycles. The first kappa shape index (κ1) is 16.7. The van der Waals surface area contributed by atoms with E-state index in [0.717, 1.165) is 16.7 Å². The second-order valence-electron chi connectivity index (χ2n) is 7.33. The largest absolute Gasteiger partial charge is 0.393 e. The van der Waals surface area contributed by atoms with Crippen molar-refractivity contribution in [2.24, 2.45) is 0 Å². The topological polar surface area (TPSA) is 38.7 Å². The zero-order chi connectivity index (χ0) is 17.6. The summed E-state index contributed by atoms with van der Waals surface area (Å²) in [5.74, 6) is -1.16. The van der Waals surface area contributed by atoms with Crippen LogP contribution in [0.1, 0.15) is 47.6 Å². The Kier molecular flexibility index (Phi) is 4.14. The van der Waals surface area contributed by atoms with Gasteiger partial charge >= 0.3 is 0 Å². The van der Waals surface area contributed by atoms with Crippen molar-refractivity contribution in [1.82, 2.24) is 0 Å². The minimum atomic E-state index is -0.942. The van der Waals surface area contributed by atoms with Crippen molar-refractivity contribution in [3.63, 3.8) is 0 Å². The SMILES string of the molecule is Cc1ccc(Cc2cc3c(cc2F)CO[C@@]32CC(O)CC(C)O2)cc1. The van der Waals surface area contributed by atoms with Gasteiger partial charge in [-0.15, -0.1) is 0 Å². The summed E-state index contributed by atoms with van der Waals surface area (Å²) >= 11 is 0. The van der Waals surface area contributed by atoms with Crippen LogP contribution < -0.4 is 0 Å². The Morgan fingerprint density at radius 3 is 2.72 bits per heavy atom. The lowest BCUT2D eigenvalue weighted by Gasteiger charge is -2.39. The van der Waals surface area contributed by atoms with E-state index in [1.165, 1.54) is 5.56 Å². The molecule has 2 aromatic carbocycles. The quantitative estimate of drug-likeness (QED) is 0.898. The Bertz CT molecular complexity index is 774. The van der Waals surface area contributed by atoms with Crippen molar-refractivity contribution in [2.75, 3.05) is 0 Å². The number of hydrogen-bond donors (Lipinski definition) is 1. The molecule has 2 aromatic rings. The van der Waals surface area contributed by atoms with Gasteiger partial charge < -0.3 is 14.6 Å². The first-order chi connectivity index (χ1) is 11.9. The van der Waals surface area contributed by atoms with Crippen LogP contribution in [0.4, 0.5) is 4.39 Å². The third kappa shape index (κ3) is 3.10. The number of aliphatic hydroxyl groups is 1. The maximum Gasteiger partial charge on any atom is 0.198 e. The third-order valence-corrected chi connectivity index (χ3v) is 5.16. The predicted molar refractivity (Wildman–Crippen MR) is 92.6 cm³/mol. The van der Waals surface area contributed by atoms with Crippen LogP contribution in [0.25, 0.3) is 0 Å². The molecule has 4 heteroatoms. The fourth-order valence-corrected chi connectivity index (χ4v) is 3.93. The number of aliphatic hydroxyl groups excluding tert-OH is 1. The van der Waals surface area contributed by atoms with Gasteiger partial charge in [0.25, 0.3) is 0 Å². The van der Waals surface area contributed by atoms with Crippen molar-refractivity contribution >= 4 is 0 Å². The molecule has 1 fully saturated rings. The molecule has 132 valence electrons. The molecule has 1 saturated heterocycles. The van der Waals surface area contributed by atoms with Gasteiger partial charge in [0.05, 0.1) is 18.8 Å². The van der Waals surface area contributed by atoms with Gasteiger partial charge in [0, 0.05) is 18.4 Å². The van der Waals surface area contributed by atoms with E-state index >= 15 is 0 Å². The van der Waals surface area contributed by atoms with Crippen LogP contribution in [-0.4, -0.2) is 17.3 Å². The summed E-state index contributed by atoms with van der Waals surface area (Å²) in [5, 5.41) is 10.2. The predicted octanol–water partition coefficient (Wildman–Crippen LogP) is 3.97. The summed E-state index contributed by atoms with van der Waals surface area (Å²) in [6.07, 6.45) is 0.936. The average molecular weight is 342 g/mol. The Morgan fingerprint density at radius 2 is 2.00 bits per heavy atom. The molecule has 0 aliphatic carbocycles. The van der Waals surface area contributed by atoms with Gasteiger partial charge in [0.2, 0.25) is 0 Å². The molecule has 0 radical (unpaired) electrons. The molecule has 0 aromatic heterocycles. The summed E-state index contributed by atoms with van der Waals surface area (Å²) in [7, 11) is 0. The van der Waals surface area contributed by atoms with Crippen LogP contribution in [0, 0.1) is 12.7 Å². The highest BCUT2D eigenvalue weighted by atomic mass is 19.1. The number of aryl methyl sites for hydroxylation is 1. The van der Waals surface area contributed by atoms with Crippen LogP contribution in [0.3, 0.4) is 0 Å². The van der Waals surface area contributed by atoms with Crippen LogP contribution in [0.5, 0.6) is 0 Å². The van der Waals surface area contributed by atoms with Gasteiger partial charge in [-0.2, -0.15) is 0 Å². The molecule has 2 heterocycles. The lowest BCUT2D eigenvalue weighted by molar-refractivity contribution is -0.295. The maximum absolute atomic E-state index is 14.6. The molecule has 0 amide bonds. The monoisotopic (exact) mass is 342 g/mol. The molecule has 0 bridgehead atoms. The van der Waals surface area contributed by atoms with E-state index in [9.17, 15) is 9.50 Å². The van der Waals surface area contributed by atoms with E-state index < -0.39 is 11.9 Å². The number of ether oxygens (including phenoxy) is 2.